The van der Waals surface area contributed by atoms with Crippen LogP contribution in [0, 0.1) is 29.1 Å². The van der Waals surface area contributed by atoms with Gasteiger partial charge in [-0.05, 0) is 12.3 Å². The normalized spacial score (nSPS) is 30.0. The highest BCUT2D eigenvalue weighted by atomic mass is 16.5. The molecule has 2 atom stereocenters. The number of carbonyl (C=O) groups excluding carboxylic acids is 1. The lowest BCUT2D eigenvalue weighted by molar-refractivity contribution is -0.143. The fourth-order valence-corrected chi connectivity index (χ4v) is 1.63. The van der Waals surface area contributed by atoms with Gasteiger partial charge < -0.3 is 4.74 Å². The average molecular weight is 166 g/mol. The van der Waals surface area contributed by atoms with Gasteiger partial charge in [0, 0.05) is 5.92 Å². The third-order valence-electron chi connectivity index (χ3n) is 2.58. The predicted octanol–water partition coefficient (Wildman–Crippen LogP) is 1.45. The molecule has 0 spiro atoms. The van der Waals surface area contributed by atoms with Gasteiger partial charge in [0.25, 0.3) is 0 Å². The molecule has 0 heterocycles. The Morgan fingerprint density at radius 2 is 2.08 bits per heavy atom. The van der Waals surface area contributed by atoms with E-state index >= 15 is 0 Å². The molecule has 0 N–H and O–H groups in total. The van der Waals surface area contributed by atoms with Crippen molar-refractivity contribution >= 4 is 5.97 Å². The van der Waals surface area contributed by atoms with E-state index in [-0.39, 0.29) is 23.2 Å². The fourth-order valence-electron chi connectivity index (χ4n) is 1.63. The van der Waals surface area contributed by atoms with Gasteiger partial charge in [0.15, 0.2) is 0 Å². The van der Waals surface area contributed by atoms with Gasteiger partial charge in [-0.15, -0.1) is 5.92 Å². The van der Waals surface area contributed by atoms with E-state index < -0.39 is 0 Å². The third-order valence-corrected chi connectivity index (χ3v) is 2.58. The Hall–Kier alpha value is -0.970. The van der Waals surface area contributed by atoms with E-state index in [1.54, 1.807) is 6.92 Å². The largest absolute Gasteiger partial charge is 0.469 e. The highest BCUT2D eigenvalue weighted by Gasteiger charge is 2.62. The Kier molecular flexibility index (Phi) is 2.14. The lowest BCUT2D eigenvalue weighted by Crippen LogP contribution is -2.07. The maximum Gasteiger partial charge on any atom is 0.310 e. The molecule has 1 aliphatic carbocycles. The van der Waals surface area contributed by atoms with Crippen LogP contribution in [0.2, 0.25) is 0 Å². The first-order valence-corrected chi connectivity index (χ1v) is 4.05. The Morgan fingerprint density at radius 1 is 1.50 bits per heavy atom. The maximum absolute atomic E-state index is 11.2. The molecule has 0 radical (unpaired) electrons. The molecule has 0 aliphatic heterocycles. The van der Waals surface area contributed by atoms with Crippen molar-refractivity contribution in [3.8, 4) is 11.8 Å². The van der Waals surface area contributed by atoms with Crippen LogP contribution in [0.3, 0.4) is 0 Å². The molecule has 2 nitrogen and oxygen atoms in total. The summed E-state index contributed by atoms with van der Waals surface area (Å²) in [7, 11) is 1.42. The van der Waals surface area contributed by atoms with E-state index in [4.69, 9.17) is 0 Å². The van der Waals surface area contributed by atoms with Crippen LogP contribution in [0.4, 0.5) is 0 Å². The lowest BCUT2D eigenvalue weighted by atomic mass is 10.1. The molecular formula is C10H14O2. The standard InChI is InChI=1S/C10H14O2/c1-5-6-7-8(9(11)12-4)10(7,2)3/h7-8H,1-4H3. The molecule has 0 amide bonds. The zero-order chi connectivity index (χ0) is 9.35. The summed E-state index contributed by atoms with van der Waals surface area (Å²) in [5.74, 6) is 5.90. The van der Waals surface area contributed by atoms with Gasteiger partial charge in [0.05, 0.1) is 13.0 Å². The zero-order valence-corrected chi connectivity index (χ0v) is 7.97. The molecule has 0 aromatic carbocycles. The second kappa shape index (κ2) is 2.82. The van der Waals surface area contributed by atoms with E-state index in [1.807, 2.05) is 13.8 Å². The third kappa shape index (κ3) is 1.20. The average Bonchev–Trinajstić information content (AvgIpc) is 2.53. The van der Waals surface area contributed by atoms with E-state index in [1.165, 1.54) is 7.11 Å². The van der Waals surface area contributed by atoms with Crippen molar-refractivity contribution in [2.75, 3.05) is 7.11 Å². The topological polar surface area (TPSA) is 26.3 Å². The second-order valence-electron chi connectivity index (χ2n) is 3.69. The Bertz CT molecular complexity index is 255. The monoisotopic (exact) mass is 166 g/mol. The molecule has 0 aromatic heterocycles. The van der Waals surface area contributed by atoms with Gasteiger partial charge in [-0.25, -0.2) is 0 Å². The van der Waals surface area contributed by atoms with Crippen molar-refractivity contribution in [1.29, 1.82) is 0 Å². The van der Waals surface area contributed by atoms with Crippen molar-refractivity contribution in [3.05, 3.63) is 0 Å². The first-order valence-electron chi connectivity index (χ1n) is 4.05. The summed E-state index contributed by atoms with van der Waals surface area (Å²) in [6, 6.07) is 0. The van der Waals surface area contributed by atoms with Crippen LogP contribution in [-0.2, 0) is 9.53 Å². The van der Waals surface area contributed by atoms with Gasteiger partial charge in [-0.2, -0.15) is 0 Å². The number of esters is 1. The molecule has 1 saturated carbocycles. The van der Waals surface area contributed by atoms with Crippen LogP contribution >= 0.6 is 0 Å². The van der Waals surface area contributed by atoms with Crippen LogP contribution in [0.25, 0.3) is 0 Å². The van der Waals surface area contributed by atoms with Gasteiger partial charge in [0.1, 0.15) is 0 Å². The Labute approximate surface area is 73.3 Å². The van der Waals surface area contributed by atoms with Crippen LogP contribution in [0.5, 0.6) is 0 Å². The molecule has 0 bridgehead atoms. The van der Waals surface area contributed by atoms with E-state index in [0.29, 0.717) is 0 Å². The second-order valence-corrected chi connectivity index (χ2v) is 3.69. The summed E-state index contributed by atoms with van der Waals surface area (Å²) in [5.41, 5.74) is 0.0100. The number of methoxy groups -OCH3 is 1. The molecule has 2 heteroatoms. The van der Waals surface area contributed by atoms with Crippen molar-refractivity contribution < 1.29 is 9.53 Å². The van der Waals surface area contributed by atoms with Crippen molar-refractivity contribution in [2.45, 2.75) is 20.8 Å². The summed E-state index contributed by atoms with van der Waals surface area (Å²) < 4.78 is 4.68. The number of ether oxygens (including phenoxy) is 1. The zero-order valence-electron chi connectivity index (χ0n) is 7.97. The van der Waals surface area contributed by atoms with E-state index in [9.17, 15) is 4.79 Å². The molecular weight excluding hydrogens is 152 g/mol. The molecule has 2 unspecified atom stereocenters. The molecule has 0 saturated heterocycles. The summed E-state index contributed by atoms with van der Waals surface area (Å²) in [6.07, 6.45) is 0. The first-order chi connectivity index (χ1) is 5.55. The maximum atomic E-state index is 11.2. The number of rotatable bonds is 1. The molecule has 0 aromatic rings. The van der Waals surface area contributed by atoms with Gasteiger partial charge in [0.2, 0.25) is 0 Å². The van der Waals surface area contributed by atoms with Crippen LogP contribution in [0.15, 0.2) is 0 Å². The van der Waals surface area contributed by atoms with Crippen molar-refractivity contribution in [2.24, 2.45) is 17.3 Å². The quantitative estimate of drug-likeness (QED) is 0.435. The highest BCUT2D eigenvalue weighted by Crippen LogP contribution is 2.58. The number of hydrogen-bond acceptors (Lipinski definition) is 2. The lowest BCUT2D eigenvalue weighted by Gasteiger charge is -1.98. The first kappa shape index (κ1) is 9.12. The van der Waals surface area contributed by atoms with Crippen LogP contribution in [-0.4, -0.2) is 13.1 Å². The summed E-state index contributed by atoms with van der Waals surface area (Å²) in [6.45, 7) is 5.88. The van der Waals surface area contributed by atoms with Crippen molar-refractivity contribution in [3.63, 3.8) is 0 Å². The van der Waals surface area contributed by atoms with Crippen molar-refractivity contribution in [1.82, 2.24) is 0 Å². The summed E-state index contributed by atoms with van der Waals surface area (Å²) in [5, 5.41) is 0. The molecule has 66 valence electrons. The molecule has 1 rings (SSSR count). The summed E-state index contributed by atoms with van der Waals surface area (Å²) >= 11 is 0. The smallest absolute Gasteiger partial charge is 0.310 e. The van der Waals surface area contributed by atoms with Crippen LogP contribution < -0.4 is 0 Å². The summed E-state index contributed by atoms with van der Waals surface area (Å²) in [4.78, 5) is 11.2. The van der Waals surface area contributed by atoms with Gasteiger partial charge >= 0.3 is 5.97 Å². The highest BCUT2D eigenvalue weighted by molar-refractivity contribution is 5.78. The molecule has 12 heavy (non-hydrogen) atoms. The fraction of sp³-hybridized carbons (Fsp3) is 0.700. The predicted molar refractivity (Wildman–Crippen MR) is 46.2 cm³/mol. The van der Waals surface area contributed by atoms with Crippen LogP contribution in [0.1, 0.15) is 20.8 Å². The number of hydrogen-bond donors (Lipinski definition) is 0. The Morgan fingerprint density at radius 3 is 2.50 bits per heavy atom. The molecule has 1 aliphatic rings. The Balaban J connectivity index is 2.70. The van der Waals surface area contributed by atoms with E-state index in [2.05, 4.69) is 16.6 Å². The van der Waals surface area contributed by atoms with Gasteiger partial charge in [-0.3, -0.25) is 4.79 Å². The SMILES string of the molecule is CC#CC1C(C(=O)OC)C1(C)C. The minimum absolute atomic E-state index is 0.0100. The van der Waals surface area contributed by atoms with E-state index in [0.717, 1.165) is 0 Å². The number of carbonyl (C=O) groups is 1. The van der Waals surface area contributed by atoms with Gasteiger partial charge in [-0.1, -0.05) is 19.8 Å². The minimum atomic E-state index is -0.132. The minimum Gasteiger partial charge on any atom is -0.469 e. The molecule has 1 fully saturated rings.